The van der Waals surface area contributed by atoms with E-state index in [1.807, 2.05) is 19.1 Å². The van der Waals surface area contributed by atoms with Gasteiger partial charge in [0.1, 0.15) is 12.4 Å². The number of ether oxygens (including phenoxy) is 2. The van der Waals surface area contributed by atoms with Gasteiger partial charge in [0, 0.05) is 25.3 Å². The SMILES string of the molecule is CCc1nc(C)ccc1OCCN1CCOCC1.O=C(O)C(F)(F)F.O=C(O)C(F)(F)F. The monoisotopic (exact) mass is 478 g/mol. The molecule has 0 radical (unpaired) electrons. The first-order valence-electron chi connectivity index (χ1n) is 9.18. The number of morpholine rings is 1. The Bertz CT molecular complexity index is 697. The van der Waals surface area contributed by atoms with Crippen molar-refractivity contribution in [2.45, 2.75) is 32.6 Å². The number of hydrogen-bond acceptors (Lipinski definition) is 6. The van der Waals surface area contributed by atoms with Crippen LogP contribution in [0.1, 0.15) is 18.3 Å². The van der Waals surface area contributed by atoms with Crippen molar-refractivity contribution >= 4 is 11.9 Å². The van der Waals surface area contributed by atoms with E-state index in [1.54, 1.807) is 0 Å². The second-order valence-corrected chi connectivity index (χ2v) is 6.16. The number of aromatic nitrogens is 1. The molecule has 1 fully saturated rings. The van der Waals surface area contributed by atoms with Gasteiger partial charge in [-0.15, -0.1) is 0 Å². The summed E-state index contributed by atoms with van der Waals surface area (Å²) in [5.41, 5.74) is 2.10. The fourth-order valence-electron chi connectivity index (χ4n) is 2.09. The summed E-state index contributed by atoms with van der Waals surface area (Å²) < 4.78 is 74.6. The minimum absolute atomic E-state index is 0.720. The second kappa shape index (κ2) is 13.7. The van der Waals surface area contributed by atoms with Gasteiger partial charge in [-0.2, -0.15) is 26.3 Å². The minimum Gasteiger partial charge on any atom is -0.490 e. The lowest BCUT2D eigenvalue weighted by molar-refractivity contribution is -0.193. The molecule has 0 bridgehead atoms. The third-order valence-electron chi connectivity index (χ3n) is 3.66. The van der Waals surface area contributed by atoms with E-state index >= 15 is 0 Å². The van der Waals surface area contributed by atoms with Crippen molar-refractivity contribution in [3.05, 3.63) is 23.5 Å². The van der Waals surface area contributed by atoms with Gasteiger partial charge in [0.15, 0.2) is 0 Å². The maximum absolute atomic E-state index is 10.6. The van der Waals surface area contributed by atoms with E-state index in [9.17, 15) is 26.3 Å². The Morgan fingerprint density at radius 2 is 1.53 bits per heavy atom. The molecule has 32 heavy (non-hydrogen) atoms. The summed E-state index contributed by atoms with van der Waals surface area (Å²) in [5.74, 6) is -4.59. The number of aryl methyl sites for hydroxylation is 2. The van der Waals surface area contributed by atoms with Crippen molar-refractivity contribution in [1.29, 1.82) is 0 Å². The maximum Gasteiger partial charge on any atom is 0.490 e. The van der Waals surface area contributed by atoms with Crippen molar-refractivity contribution in [3.63, 3.8) is 0 Å². The molecule has 184 valence electrons. The van der Waals surface area contributed by atoms with Gasteiger partial charge in [-0.1, -0.05) is 6.92 Å². The molecule has 2 rings (SSSR count). The summed E-state index contributed by atoms with van der Waals surface area (Å²) in [7, 11) is 0. The van der Waals surface area contributed by atoms with E-state index in [0.29, 0.717) is 0 Å². The van der Waals surface area contributed by atoms with Gasteiger partial charge in [-0.3, -0.25) is 9.88 Å². The average Bonchev–Trinajstić information content (AvgIpc) is 2.69. The fourth-order valence-corrected chi connectivity index (χ4v) is 2.09. The predicted octanol–water partition coefficient (Wildman–Crippen LogP) is 2.93. The Kier molecular flexibility index (Phi) is 12.6. The zero-order valence-electron chi connectivity index (χ0n) is 17.3. The highest BCUT2D eigenvalue weighted by Gasteiger charge is 2.38. The molecule has 0 amide bonds. The fraction of sp³-hybridized carbons (Fsp3) is 0.611. The van der Waals surface area contributed by atoms with Crippen LogP contribution in [0.3, 0.4) is 0 Å². The van der Waals surface area contributed by atoms with Crippen molar-refractivity contribution < 1.29 is 55.6 Å². The molecule has 0 aliphatic carbocycles. The highest BCUT2D eigenvalue weighted by Crippen LogP contribution is 2.17. The molecule has 1 aromatic heterocycles. The summed E-state index contributed by atoms with van der Waals surface area (Å²) in [6.45, 7) is 9.50. The molecule has 2 N–H and O–H groups in total. The summed E-state index contributed by atoms with van der Waals surface area (Å²) in [5, 5.41) is 14.2. The second-order valence-electron chi connectivity index (χ2n) is 6.16. The van der Waals surface area contributed by atoms with Gasteiger partial charge in [-0.05, 0) is 25.5 Å². The molecule has 1 saturated heterocycles. The summed E-state index contributed by atoms with van der Waals surface area (Å²) in [6, 6.07) is 4.03. The van der Waals surface area contributed by atoms with Gasteiger partial charge in [0.25, 0.3) is 0 Å². The van der Waals surface area contributed by atoms with Gasteiger partial charge in [0.05, 0.1) is 18.9 Å². The maximum atomic E-state index is 10.6. The Labute approximate surface area is 179 Å². The van der Waals surface area contributed by atoms with E-state index in [-0.39, 0.29) is 0 Å². The third kappa shape index (κ3) is 12.9. The number of halogens is 6. The molecule has 0 spiro atoms. The molecule has 0 atom stereocenters. The first kappa shape index (κ1) is 29.4. The lowest BCUT2D eigenvalue weighted by Gasteiger charge is -2.26. The van der Waals surface area contributed by atoms with Crippen LogP contribution in [0.5, 0.6) is 5.75 Å². The number of rotatable bonds is 5. The summed E-state index contributed by atoms with van der Waals surface area (Å²) in [4.78, 5) is 24.7. The molecule has 2 heterocycles. The molecule has 0 saturated carbocycles. The van der Waals surface area contributed by atoms with Crippen LogP contribution in [0.25, 0.3) is 0 Å². The molecule has 0 unspecified atom stereocenters. The number of pyridine rings is 1. The highest BCUT2D eigenvalue weighted by molar-refractivity contribution is 5.73. The number of alkyl halides is 6. The normalized spacial score (nSPS) is 14.4. The van der Waals surface area contributed by atoms with Crippen LogP contribution < -0.4 is 4.74 Å². The first-order valence-corrected chi connectivity index (χ1v) is 9.18. The van der Waals surface area contributed by atoms with Crippen molar-refractivity contribution in [1.82, 2.24) is 9.88 Å². The van der Waals surface area contributed by atoms with Crippen LogP contribution in [0, 0.1) is 6.92 Å². The Balaban J connectivity index is 0.000000570. The number of aliphatic carboxylic acids is 2. The molecule has 1 aromatic rings. The minimum atomic E-state index is -5.08. The third-order valence-corrected chi connectivity index (χ3v) is 3.66. The zero-order chi connectivity index (χ0) is 24.9. The smallest absolute Gasteiger partial charge is 0.490 e. The number of nitrogens with zero attached hydrogens (tertiary/aromatic N) is 2. The Morgan fingerprint density at radius 3 is 1.94 bits per heavy atom. The largest absolute Gasteiger partial charge is 0.490 e. The number of hydrogen-bond donors (Lipinski definition) is 2. The van der Waals surface area contributed by atoms with Crippen molar-refractivity contribution in [2.75, 3.05) is 39.5 Å². The predicted molar refractivity (Wildman–Crippen MR) is 98.5 cm³/mol. The van der Waals surface area contributed by atoms with Crippen LogP contribution in [-0.4, -0.2) is 83.8 Å². The molecule has 1 aliphatic rings. The first-order chi connectivity index (χ1) is 14.7. The van der Waals surface area contributed by atoms with Crippen LogP contribution >= 0.6 is 0 Å². The molecule has 14 heteroatoms. The van der Waals surface area contributed by atoms with Gasteiger partial charge < -0.3 is 19.7 Å². The van der Waals surface area contributed by atoms with E-state index in [2.05, 4.69) is 16.8 Å². The van der Waals surface area contributed by atoms with E-state index in [1.165, 1.54) is 0 Å². The molecule has 1 aliphatic heterocycles. The standard InChI is InChI=1S/C14H22N2O2.2C2HF3O2/c1-3-13-14(5-4-12(2)15-13)18-11-8-16-6-9-17-10-7-16;2*3-2(4,5)1(6)7/h4-5H,3,6-11H2,1-2H3;2*(H,6,7). The van der Waals surface area contributed by atoms with Crippen molar-refractivity contribution in [2.24, 2.45) is 0 Å². The van der Waals surface area contributed by atoms with Crippen LogP contribution in [0.4, 0.5) is 26.3 Å². The van der Waals surface area contributed by atoms with Gasteiger partial charge in [0.2, 0.25) is 0 Å². The average molecular weight is 478 g/mol. The quantitative estimate of drug-likeness (QED) is 0.622. The van der Waals surface area contributed by atoms with Crippen LogP contribution in [0.2, 0.25) is 0 Å². The van der Waals surface area contributed by atoms with E-state index in [4.69, 9.17) is 29.3 Å². The Hall–Kier alpha value is -2.61. The number of carboxylic acid groups (broad SMARTS) is 2. The lowest BCUT2D eigenvalue weighted by Crippen LogP contribution is -2.38. The number of carboxylic acids is 2. The topological polar surface area (TPSA) is 109 Å². The van der Waals surface area contributed by atoms with Crippen molar-refractivity contribution in [3.8, 4) is 5.75 Å². The molecular formula is C18H24F6N2O6. The lowest BCUT2D eigenvalue weighted by atomic mass is 10.2. The molecule has 0 aromatic carbocycles. The van der Waals surface area contributed by atoms with Gasteiger partial charge in [-0.25, -0.2) is 9.59 Å². The summed E-state index contributed by atoms with van der Waals surface area (Å²) in [6.07, 6.45) is -9.26. The number of carbonyl (C=O) groups is 2. The molecular weight excluding hydrogens is 454 g/mol. The Morgan fingerprint density at radius 1 is 1.06 bits per heavy atom. The highest BCUT2D eigenvalue weighted by atomic mass is 19.4. The van der Waals surface area contributed by atoms with Crippen LogP contribution in [0.15, 0.2) is 12.1 Å². The van der Waals surface area contributed by atoms with Gasteiger partial charge >= 0.3 is 24.3 Å². The molecule has 8 nitrogen and oxygen atoms in total. The summed E-state index contributed by atoms with van der Waals surface area (Å²) >= 11 is 0. The van der Waals surface area contributed by atoms with E-state index in [0.717, 1.165) is 63.0 Å². The zero-order valence-corrected chi connectivity index (χ0v) is 17.3. The van der Waals surface area contributed by atoms with E-state index < -0.39 is 24.3 Å². The van der Waals surface area contributed by atoms with Crippen LogP contribution in [-0.2, 0) is 20.7 Å².